The molecule has 1 aliphatic carbocycles. The van der Waals surface area contributed by atoms with Crippen LogP contribution in [-0.4, -0.2) is 31.5 Å². The first-order valence-electron chi connectivity index (χ1n) is 11.6. The molecule has 0 unspecified atom stereocenters. The Labute approximate surface area is 204 Å². The fourth-order valence-corrected chi connectivity index (χ4v) is 4.91. The zero-order chi connectivity index (χ0) is 23.8. The molecule has 1 saturated carbocycles. The molecule has 0 amide bonds. The van der Waals surface area contributed by atoms with E-state index in [1.54, 1.807) is 4.68 Å². The number of aryl methyl sites for hydroxylation is 2. The molecule has 4 aromatic rings. The van der Waals surface area contributed by atoms with Crippen molar-refractivity contribution in [3.63, 3.8) is 0 Å². The van der Waals surface area contributed by atoms with Crippen molar-refractivity contribution in [3.8, 4) is 11.1 Å². The van der Waals surface area contributed by atoms with Crippen LogP contribution in [0.3, 0.4) is 0 Å². The number of nitrogens with one attached hydrogen (secondary N) is 1. The summed E-state index contributed by atoms with van der Waals surface area (Å²) in [6, 6.07) is 8.72. The quantitative estimate of drug-likeness (QED) is 0.383. The van der Waals surface area contributed by atoms with Gasteiger partial charge in [0.2, 0.25) is 0 Å². The lowest BCUT2D eigenvalue weighted by Crippen LogP contribution is -2.33. The topological polar surface area (TPSA) is 99.2 Å². The maximum absolute atomic E-state index is 6.65. The van der Waals surface area contributed by atoms with Gasteiger partial charge in [0.15, 0.2) is 0 Å². The van der Waals surface area contributed by atoms with Crippen LogP contribution in [0.2, 0.25) is 5.02 Å². The van der Waals surface area contributed by atoms with E-state index >= 15 is 0 Å². The number of nitrogens with zero attached hydrogens (tertiary/aromatic N) is 4. The molecule has 0 radical (unpaired) electrons. The molecule has 7 nitrogen and oxygen atoms in total. The van der Waals surface area contributed by atoms with Gasteiger partial charge in [0, 0.05) is 58.9 Å². The molecule has 176 valence electrons. The predicted molar refractivity (Wildman–Crippen MR) is 139 cm³/mol. The lowest BCUT2D eigenvalue weighted by atomic mass is 9.91. The Hall–Kier alpha value is -3.29. The van der Waals surface area contributed by atoms with Crippen molar-refractivity contribution in [3.05, 3.63) is 70.8 Å². The van der Waals surface area contributed by atoms with Gasteiger partial charge in [0.05, 0.1) is 23.6 Å². The summed E-state index contributed by atoms with van der Waals surface area (Å²) in [5, 5.41) is 13.4. The number of hydrogen-bond acceptors (Lipinski definition) is 5. The molecule has 0 bridgehead atoms. The van der Waals surface area contributed by atoms with Crippen LogP contribution in [0.4, 0.5) is 5.69 Å². The van der Waals surface area contributed by atoms with E-state index in [2.05, 4.69) is 21.6 Å². The molecule has 34 heavy (non-hydrogen) atoms. The highest BCUT2D eigenvalue weighted by atomic mass is 35.5. The average molecular weight is 476 g/mol. The Bertz CT molecular complexity index is 1360. The van der Waals surface area contributed by atoms with E-state index in [-0.39, 0.29) is 6.04 Å². The van der Waals surface area contributed by atoms with Gasteiger partial charge < -0.3 is 16.8 Å². The molecular formula is C26H30ClN7. The van der Waals surface area contributed by atoms with Crippen LogP contribution in [-0.2, 0) is 7.05 Å². The highest BCUT2D eigenvalue weighted by Gasteiger charge is 2.22. The van der Waals surface area contributed by atoms with E-state index in [9.17, 15) is 0 Å². The third-order valence-electron chi connectivity index (χ3n) is 6.57. The normalized spacial score (nSPS) is 19.0. The van der Waals surface area contributed by atoms with Gasteiger partial charge in [-0.3, -0.25) is 4.68 Å². The first-order valence-corrected chi connectivity index (χ1v) is 12.0. The third kappa shape index (κ3) is 4.54. The summed E-state index contributed by atoms with van der Waals surface area (Å²) < 4.78 is 3.70. The van der Waals surface area contributed by atoms with Gasteiger partial charge in [0.1, 0.15) is 0 Å². The maximum Gasteiger partial charge on any atom is 0.0891 e. The van der Waals surface area contributed by atoms with Crippen LogP contribution in [0.5, 0.6) is 0 Å². The van der Waals surface area contributed by atoms with Gasteiger partial charge in [-0.05, 0) is 61.9 Å². The number of anilines is 1. The van der Waals surface area contributed by atoms with Crippen LogP contribution in [0.15, 0.2) is 49.1 Å². The lowest BCUT2D eigenvalue weighted by Gasteiger charge is -2.28. The Balaban J connectivity index is 1.60. The number of fused-ring (bicyclic) bond motifs is 1. The van der Waals surface area contributed by atoms with Gasteiger partial charge in [-0.15, -0.1) is 0 Å². The van der Waals surface area contributed by atoms with Crippen molar-refractivity contribution in [2.24, 2.45) is 18.5 Å². The van der Waals surface area contributed by atoms with Gasteiger partial charge in [-0.2, -0.15) is 10.2 Å². The van der Waals surface area contributed by atoms with Crippen molar-refractivity contribution in [1.29, 1.82) is 0 Å². The van der Waals surface area contributed by atoms with Gasteiger partial charge in [0.25, 0.3) is 0 Å². The van der Waals surface area contributed by atoms with E-state index < -0.39 is 0 Å². The standard InChI is InChI=1S/C26H30ClN7/c1-16-3-4-17(23(27)9-16)10-24(29)22-13-31-34-15-18(19-12-30-33(2)14-19)11-25(34)26(22)32-21-7-5-20(28)6-8-21/h3-4,9-15,20-21,32H,5-8,28-29H2,1-2H3/b24-10-/t20-,21-. The average Bonchev–Trinajstić information content (AvgIpc) is 3.43. The molecule has 5 rings (SSSR count). The first kappa shape index (κ1) is 22.5. The highest BCUT2D eigenvalue weighted by Crippen LogP contribution is 2.33. The summed E-state index contributed by atoms with van der Waals surface area (Å²) in [4.78, 5) is 0. The summed E-state index contributed by atoms with van der Waals surface area (Å²) in [6.45, 7) is 2.02. The Morgan fingerprint density at radius 3 is 2.59 bits per heavy atom. The third-order valence-corrected chi connectivity index (χ3v) is 6.90. The lowest BCUT2D eigenvalue weighted by molar-refractivity contribution is 0.411. The fourth-order valence-electron chi connectivity index (χ4n) is 4.62. The molecule has 0 saturated heterocycles. The Morgan fingerprint density at radius 2 is 1.88 bits per heavy atom. The number of nitrogens with two attached hydrogens (primary N) is 2. The molecule has 1 aliphatic rings. The molecule has 5 N–H and O–H groups in total. The number of rotatable bonds is 5. The second-order valence-electron chi connectivity index (χ2n) is 9.28. The Kier molecular flexibility index (Phi) is 6.06. The largest absolute Gasteiger partial charge is 0.398 e. The Morgan fingerprint density at radius 1 is 1.09 bits per heavy atom. The molecule has 0 aliphatic heterocycles. The smallest absolute Gasteiger partial charge is 0.0891 e. The van der Waals surface area contributed by atoms with Crippen LogP contribution in [0.1, 0.15) is 42.4 Å². The van der Waals surface area contributed by atoms with E-state index in [1.807, 2.05) is 67.5 Å². The zero-order valence-electron chi connectivity index (χ0n) is 19.5. The number of halogens is 1. The van der Waals surface area contributed by atoms with Crippen molar-refractivity contribution in [2.45, 2.75) is 44.7 Å². The predicted octanol–water partition coefficient (Wildman–Crippen LogP) is 4.84. The second kappa shape index (κ2) is 9.16. The van der Waals surface area contributed by atoms with E-state index in [0.717, 1.165) is 64.7 Å². The minimum atomic E-state index is 0.286. The van der Waals surface area contributed by atoms with E-state index in [0.29, 0.717) is 16.8 Å². The van der Waals surface area contributed by atoms with Crippen LogP contribution < -0.4 is 16.8 Å². The van der Waals surface area contributed by atoms with Gasteiger partial charge in [-0.1, -0.05) is 23.7 Å². The van der Waals surface area contributed by atoms with Gasteiger partial charge in [-0.25, -0.2) is 4.52 Å². The summed E-state index contributed by atoms with van der Waals surface area (Å²) in [5.74, 6) is 0. The van der Waals surface area contributed by atoms with E-state index in [4.69, 9.17) is 23.1 Å². The summed E-state index contributed by atoms with van der Waals surface area (Å²) in [6.07, 6.45) is 13.7. The monoisotopic (exact) mass is 475 g/mol. The molecule has 0 spiro atoms. The number of benzene rings is 1. The molecular weight excluding hydrogens is 446 g/mol. The zero-order valence-corrected chi connectivity index (χ0v) is 20.3. The summed E-state index contributed by atoms with van der Waals surface area (Å²) in [5.41, 5.74) is 20.3. The van der Waals surface area contributed by atoms with Gasteiger partial charge >= 0.3 is 0 Å². The minimum Gasteiger partial charge on any atom is -0.398 e. The molecule has 0 atom stereocenters. The summed E-state index contributed by atoms with van der Waals surface area (Å²) in [7, 11) is 1.91. The number of aromatic nitrogens is 4. The van der Waals surface area contributed by atoms with Crippen molar-refractivity contribution >= 4 is 34.6 Å². The van der Waals surface area contributed by atoms with Crippen molar-refractivity contribution in [2.75, 3.05) is 5.32 Å². The number of hydrogen-bond donors (Lipinski definition) is 3. The molecule has 3 heterocycles. The maximum atomic E-state index is 6.65. The molecule has 3 aromatic heterocycles. The molecule has 1 aromatic carbocycles. The van der Waals surface area contributed by atoms with Crippen LogP contribution >= 0.6 is 11.6 Å². The molecule has 1 fully saturated rings. The van der Waals surface area contributed by atoms with Crippen molar-refractivity contribution in [1.82, 2.24) is 19.4 Å². The van der Waals surface area contributed by atoms with E-state index in [1.165, 1.54) is 0 Å². The summed E-state index contributed by atoms with van der Waals surface area (Å²) >= 11 is 6.48. The minimum absolute atomic E-state index is 0.286. The van der Waals surface area contributed by atoms with Crippen LogP contribution in [0.25, 0.3) is 28.4 Å². The second-order valence-corrected chi connectivity index (χ2v) is 9.68. The molecule has 8 heteroatoms. The highest BCUT2D eigenvalue weighted by molar-refractivity contribution is 6.32. The van der Waals surface area contributed by atoms with Crippen molar-refractivity contribution < 1.29 is 0 Å². The fraction of sp³-hybridized carbons (Fsp3) is 0.308. The van der Waals surface area contributed by atoms with Crippen LogP contribution in [0, 0.1) is 6.92 Å². The first-order chi connectivity index (χ1) is 16.4. The SMILES string of the molecule is Cc1ccc(/C=C(\N)c2cnn3cc(-c4cnn(C)c4)cc3c2N[C@H]2CC[C@H](N)CC2)c(Cl)c1.